The molecule has 3 nitrogen and oxygen atoms in total. The van der Waals surface area contributed by atoms with Gasteiger partial charge in [0.05, 0.1) is 5.69 Å². The predicted octanol–water partition coefficient (Wildman–Crippen LogP) is 4.30. The molecule has 0 aliphatic carbocycles. The first kappa shape index (κ1) is 15.5. The lowest BCUT2D eigenvalue weighted by Crippen LogP contribution is -2.30. The van der Waals surface area contributed by atoms with Crippen LogP contribution in [0.2, 0.25) is 0 Å². The fourth-order valence-electron chi connectivity index (χ4n) is 1.77. The second-order valence-electron chi connectivity index (χ2n) is 4.69. The van der Waals surface area contributed by atoms with E-state index in [1.807, 2.05) is 25.1 Å². The van der Waals surface area contributed by atoms with Crippen LogP contribution in [0.1, 0.15) is 12.5 Å². The highest BCUT2D eigenvalue weighted by Gasteiger charge is 2.16. The molecule has 0 aliphatic rings. The van der Waals surface area contributed by atoms with E-state index in [1.165, 1.54) is 12.1 Å². The molecule has 1 unspecified atom stereocenters. The summed E-state index contributed by atoms with van der Waals surface area (Å²) in [6.07, 6.45) is -0.727. The molecule has 1 atom stereocenters. The van der Waals surface area contributed by atoms with Crippen LogP contribution in [0, 0.1) is 12.7 Å². The van der Waals surface area contributed by atoms with E-state index in [-0.39, 0.29) is 5.69 Å². The lowest BCUT2D eigenvalue weighted by molar-refractivity contribution is -0.122. The van der Waals surface area contributed by atoms with Crippen LogP contribution >= 0.6 is 15.9 Å². The SMILES string of the molecule is Cc1cccc(OC(C)C(=O)Nc2ccc(Br)cc2F)c1. The number of hydrogen-bond acceptors (Lipinski definition) is 2. The van der Waals surface area contributed by atoms with Gasteiger partial charge in [-0.3, -0.25) is 4.79 Å². The summed E-state index contributed by atoms with van der Waals surface area (Å²) in [5.41, 5.74) is 1.17. The molecule has 0 spiro atoms. The number of carbonyl (C=O) groups excluding carboxylic acids is 1. The lowest BCUT2D eigenvalue weighted by Gasteiger charge is -2.15. The minimum absolute atomic E-state index is 0.128. The largest absolute Gasteiger partial charge is 0.481 e. The zero-order valence-electron chi connectivity index (χ0n) is 11.7. The fraction of sp³-hybridized carbons (Fsp3) is 0.188. The maximum absolute atomic E-state index is 13.7. The summed E-state index contributed by atoms with van der Waals surface area (Å²) in [6.45, 7) is 3.56. The van der Waals surface area contributed by atoms with Crippen molar-refractivity contribution in [2.45, 2.75) is 20.0 Å². The van der Waals surface area contributed by atoms with Gasteiger partial charge in [0.25, 0.3) is 5.91 Å². The molecule has 0 saturated heterocycles. The number of carbonyl (C=O) groups is 1. The topological polar surface area (TPSA) is 38.3 Å². The minimum atomic E-state index is -0.727. The summed E-state index contributed by atoms with van der Waals surface area (Å²) in [6, 6.07) is 11.8. The Kier molecular flexibility index (Phi) is 4.96. The Bertz CT molecular complexity index is 660. The van der Waals surface area contributed by atoms with Crippen LogP contribution < -0.4 is 10.1 Å². The Morgan fingerprint density at radius 3 is 2.71 bits per heavy atom. The molecule has 0 saturated carbocycles. The monoisotopic (exact) mass is 351 g/mol. The summed E-state index contributed by atoms with van der Waals surface area (Å²) in [4.78, 5) is 12.0. The highest BCUT2D eigenvalue weighted by Crippen LogP contribution is 2.20. The van der Waals surface area contributed by atoms with Gasteiger partial charge in [0.2, 0.25) is 0 Å². The molecular formula is C16H15BrFNO2. The Balaban J connectivity index is 2.02. The quantitative estimate of drug-likeness (QED) is 0.891. The number of ether oxygens (including phenoxy) is 1. The molecule has 0 heterocycles. The van der Waals surface area contributed by atoms with Crippen molar-refractivity contribution in [1.29, 1.82) is 0 Å². The van der Waals surface area contributed by atoms with Crippen LogP contribution in [-0.4, -0.2) is 12.0 Å². The van der Waals surface area contributed by atoms with E-state index in [2.05, 4.69) is 21.2 Å². The number of halogens is 2. The standard InChI is InChI=1S/C16H15BrFNO2/c1-10-4-3-5-13(8-10)21-11(2)16(20)19-15-7-6-12(17)9-14(15)18/h3-9,11H,1-2H3,(H,19,20). The van der Waals surface area contributed by atoms with E-state index in [4.69, 9.17) is 4.74 Å². The predicted molar refractivity (Wildman–Crippen MR) is 84.0 cm³/mol. The first-order chi connectivity index (χ1) is 9.95. The van der Waals surface area contributed by atoms with Crippen molar-refractivity contribution in [2.75, 3.05) is 5.32 Å². The summed E-state index contributed by atoms with van der Waals surface area (Å²) in [5, 5.41) is 2.51. The molecule has 110 valence electrons. The molecular weight excluding hydrogens is 337 g/mol. The van der Waals surface area contributed by atoms with E-state index < -0.39 is 17.8 Å². The van der Waals surface area contributed by atoms with Crippen LogP contribution in [0.3, 0.4) is 0 Å². The molecule has 2 rings (SSSR count). The normalized spacial score (nSPS) is 11.8. The van der Waals surface area contributed by atoms with Gasteiger partial charge in [-0.15, -0.1) is 0 Å². The number of anilines is 1. The molecule has 0 aliphatic heterocycles. The number of amides is 1. The Morgan fingerprint density at radius 1 is 1.29 bits per heavy atom. The van der Waals surface area contributed by atoms with Gasteiger partial charge in [0.15, 0.2) is 6.10 Å². The lowest BCUT2D eigenvalue weighted by atomic mass is 10.2. The van der Waals surface area contributed by atoms with E-state index >= 15 is 0 Å². The van der Waals surface area contributed by atoms with Crippen molar-refractivity contribution in [3.05, 3.63) is 58.3 Å². The van der Waals surface area contributed by atoms with Gasteiger partial charge in [0.1, 0.15) is 11.6 Å². The molecule has 1 amide bonds. The summed E-state index contributed by atoms with van der Waals surface area (Å²) >= 11 is 3.17. The van der Waals surface area contributed by atoms with Gasteiger partial charge in [-0.25, -0.2) is 4.39 Å². The molecule has 5 heteroatoms. The van der Waals surface area contributed by atoms with E-state index in [1.54, 1.807) is 19.1 Å². The second kappa shape index (κ2) is 6.72. The molecule has 1 N–H and O–H groups in total. The maximum atomic E-state index is 13.7. The van der Waals surface area contributed by atoms with Crippen LogP contribution in [0.15, 0.2) is 46.9 Å². The van der Waals surface area contributed by atoms with Crippen LogP contribution in [0.5, 0.6) is 5.75 Å². The third-order valence-electron chi connectivity index (χ3n) is 2.86. The zero-order chi connectivity index (χ0) is 15.4. The Morgan fingerprint density at radius 2 is 2.05 bits per heavy atom. The van der Waals surface area contributed by atoms with E-state index in [0.717, 1.165) is 5.56 Å². The molecule has 0 bridgehead atoms. The fourth-order valence-corrected chi connectivity index (χ4v) is 2.10. The first-order valence-electron chi connectivity index (χ1n) is 6.45. The molecule has 21 heavy (non-hydrogen) atoms. The van der Waals surface area contributed by atoms with Crippen LogP contribution in [0.4, 0.5) is 10.1 Å². The van der Waals surface area contributed by atoms with Crippen LogP contribution in [0.25, 0.3) is 0 Å². The number of benzene rings is 2. The third-order valence-corrected chi connectivity index (χ3v) is 3.35. The van der Waals surface area contributed by atoms with Gasteiger partial charge in [-0.2, -0.15) is 0 Å². The van der Waals surface area contributed by atoms with E-state index in [0.29, 0.717) is 10.2 Å². The molecule has 0 radical (unpaired) electrons. The number of hydrogen-bond donors (Lipinski definition) is 1. The van der Waals surface area contributed by atoms with Gasteiger partial charge in [-0.05, 0) is 49.7 Å². The summed E-state index contributed by atoms with van der Waals surface area (Å²) < 4.78 is 19.8. The highest BCUT2D eigenvalue weighted by atomic mass is 79.9. The minimum Gasteiger partial charge on any atom is -0.481 e. The van der Waals surface area contributed by atoms with Crippen molar-refractivity contribution in [2.24, 2.45) is 0 Å². The first-order valence-corrected chi connectivity index (χ1v) is 7.24. The average molecular weight is 352 g/mol. The van der Waals surface area contributed by atoms with Crippen molar-refractivity contribution in [3.63, 3.8) is 0 Å². The Labute approximate surface area is 131 Å². The second-order valence-corrected chi connectivity index (χ2v) is 5.61. The average Bonchev–Trinajstić information content (AvgIpc) is 2.41. The smallest absolute Gasteiger partial charge is 0.265 e. The van der Waals surface area contributed by atoms with Crippen molar-refractivity contribution in [3.8, 4) is 5.75 Å². The van der Waals surface area contributed by atoms with Gasteiger partial charge in [-0.1, -0.05) is 28.1 Å². The number of rotatable bonds is 4. The van der Waals surface area contributed by atoms with Crippen molar-refractivity contribution in [1.82, 2.24) is 0 Å². The molecule has 2 aromatic carbocycles. The zero-order valence-corrected chi connectivity index (χ0v) is 13.3. The number of nitrogens with one attached hydrogen (secondary N) is 1. The molecule has 2 aromatic rings. The Hall–Kier alpha value is -1.88. The van der Waals surface area contributed by atoms with Crippen molar-refractivity contribution < 1.29 is 13.9 Å². The van der Waals surface area contributed by atoms with E-state index in [9.17, 15) is 9.18 Å². The molecule has 0 aromatic heterocycles. The van der Waals surface area contributed by atoms with Gasteiger partial charge >= 0.3 is 0 Å². The maximum Gasteiger partial charge on any atom is 0.265 e. The number of aryl methyl sites for hydroxylation is 1. The highest BCUT2D eigenvalue weighted by molar-refractivity contribution is 9.10. The molecule has 0 fully saturated rings. The van der Waals surface area contributed by atoms with Crippen LogP contribution in [-0.2, 0) is 4.79 Å². The third kappa shape index (κ3) is 4.29. The van der Waals surface area contributed by atoms with Gasteiger partial charge in [0, 0.05) is 4.47 Å². The van der Waals surface area contributed by atoms with Gasteiger partial charge < -0.3 is 10.1 Å². The summed E-state index contributed by atoms with van der Waals surface area (Å²) in [5.74, 6) is -0.299. The summed E-state index contributed by atoms with van der Waals surface area (Å²) in [7, 11) is 0. The van der Waals surface area contributed by atoms with Crippen molar-refractivity contribution >= 4 is 27.5 Å².